The first-order valence-corrected chi connectivity index (χ1v) is 5.30. The van der Waals surface area contributed by atoms with E-state index in [0.717, 1.165) is 29.6 Å². The van der Waals surface area contributed by atoms with Crippen molar-refractivity contribution in [1.29, 1.82) is 0 Å². The second kappa shape index (κ2) is 3.28. The minimum Gasteiger partial charge on any atom is -0.328 e. The number of para-hydroxylation sites is 1. The summed E-state index contributed by atoms with van der Waals surface area (Å²) in [5.74, 6) is 1.43. The fourth-order valence-corrected chi connectivity index (χ4v) is 2.06. The average molecular weight is 199 g/mol. The molecule has 1 aromatic carbocycles. The highest BCUT2D eigenvalue weighted by Crippen LogP contribution is 2.33. The molecular weight excluding hydrogens is 186 g/mol. The van der Waals surface area contributed by atoms with Gasteiger partial charge in [0, 0.05) is 23.5 Å². The molecule has 0 atom stereocenters. The number of aromatic nitrogens is 2. The highest BCUT2D eigenvalue weighted by atomic mass is 14.9. The Morgan fingerprint density at radius 3 is 2.80 bits per heavy atom. The Morgan fingerprint density at radius 1 is 1.20 bits per heavy atom. The van der Waals surface area contributed by atoms with Crippen LogP contribution in [0, 0.1) is 0 Å². The van der Waals surface area contributed by atoms with Crippen LogP contribution in [0.1, 0.15) is 24.6 Å². The number of nitrogens with zero attached hydrogens (tertiary/aromatic N) is 2. The first-order chi connectivity index (χ1) is 7.33. The quantitative estimate of drug-likeness (QED) is 0.762. The van der Waals surface area contributed by atoms with E-state index < -0.39 is 0 Å². The first-order valence-electron chi connectivity index (χ1n) is 5.30. The Hall–Kier alpha value is -1.48. The Morgan fingerprint density at radius 2 is 2.00 bits per heavy atom. The lowest BCUT2D eigenvalue weighted by Gasteiger charge is -2.30. The standard InChI is InChI=1S/C12H13N3/c13-10-5-9(6-10)12-14-7-8-3-1-2-4-11(8)15-12/h1-4,7,9-10H,5-6,13H2. The lowest BCUT2D eigenvalue weighted by molar-refractivity contribution is 0.339. The monoisotopic (exact) mass is 199 g/mol. The van der Waals surface area contributed by atoms with Gasteiger partial charge in [0.15, 0.2) is 0 Å². The second-order valence-electron chi connectivity index (χ2n) is 4.22. The Balaban J connectivity index is 1.99. The van der Waals surface area contributed by atoms with Gasteiger partial charge in [-0.3, -0.25) is 0 Å². The van der Waals surface area contributed by atoms with E-state index >= 15 is 0 Å². The zero-order valence-corrected chi connectivity index (χ0v) is 8.43. The smallest absolute Gasteiger partial charge is 0.132 e. The van der Waals surface area contributed by atoms with Gasteiger partial charge >= 0.3 is 0 Å². The molecular formula is C12H13N3. The van der Waals surface area contributed by atoms with Crippen LogP contribution in [-0.2, 0) is 0 Å². The number of fused-ring (bicyclic) bond motifs is 1. The fourth-order valence-electron chi connectivity index (χ4n) is 2.06. The normalized spacial score (nSPS) is 25.1. The summed E-state index contributed by atoms with van der Waals surface area (Å²) in [6, 6.07) is 8.42. The summed E-state index contributed by atoms with van der Waals surface area (Å²) in [6.07, 6.45) is 3.96. The van der Waals surface area contributed by atoms with Gasteiger partial charge in [-0.05, 0) is 18.9 Å². The van der Waals surface area contributed by atoms with Gasteiger partial charge in [0.1, 0.15) is 5.82 Å². The van der Waals surface area contributed by atoms with Crippen molar-refractivity contribution in [3.05, 3.63) is 36.3 Å². The van der Waals surface area contributed by atoms with Gasteiger partial charge in [-0.25, -0.2) is 9.97 Å². The molecule has 3 rings (SSSR count). The summed E-state index contributed by atoms with van der Waals surface area (Å²) in [4.78, 5) is 8.96. The van der Waals surface area contributed by atoms with Gasteiger partial charge in [-0.1, -0.05) is 18.2 Å². The van der Waals surface area contributed by atoms with Gasteiger partial charge in [-0.15, -0.1) is 0 Å². The van der Waals surface area contributed by atoms with Crippen LogP contribution in [-0.4, -0.2) is 16.0 Å². The zero-order valence-electron chi connectivity index (χ0n) is 8.43. The molecule has 0 aliphatic heterocycles. The van der Waals surface area contributed by atoms with Crippen LogP contribution < -0.4 is 5.73 Å². The van der Waals surface area contributed by atoms with Crippen LogP contribution in [0.2, 0.25) is 0 Å². The third-order valence-electron chi connectivity index (χ3n) is 3.05. The van der Waals surface area contributed by atoms with Crippen molar-refractivity contribution >= 4 is 10.9 Å². The molecule has 2 aromatic rings. The van der Waals surface area contributed by atoms with Crippen molar-refractivity contribution in [3.8, 4) is 0 Å². The van der Waals surface area contributed by atoms with E-state index in [9.17, 15) is 0 Å². The predicted octanol–water partition coefficient (Wildman–Crippen LogP) is 1.83. The maximum atomic E-state index is 5.76. The lowest BCUT2D eigenvalue weighted by atomic mass is 9.80. The van der Waals surface area contributed by atoms with Gasteiger partial charge < -0.3 is 5.73 Å². The molecule has 1 aliphatic rings. The number of nitrogens with two attached hydrogens (primary N) is 1. The molecule has 0 bridgehead atoms. The summed E-state index contributed by atoms with van der Waals surface area (Å²) in [6.45, 7) is 0. The van der Waals surface area contributed by atoms with E-state index in [1.54, 1.807) is 0 Å². The molecule has 1 aromatic heterocycles. The van der Waals surface area contributed by atoms with E-state index in [1.165, 1.54) is 0 Å². The maximum Gasteiger partial charge on any atom is 0.132 e. The Bertz CT molecular complexity index is 489. The number of hydrogen-bond acceptors (Lipinski definition) is 3. The Labute approximate surface area is 88.3 Å². The minimum absolute atomic E-state index is 0.352. The molecule has 3 heteroatoms. The third-order valence-corrected chi connectivity index (χ3v) is 3.05. The first kappa shape index (κ1) is 8.80. The minimum atomic E-state index is 0.352. The molecule has 1 heterocycles. The van der Waals surface area contributed by atoms with Gasteiger partial charge in [0.2, 0.25) is 0 Å². The van der Waals surface area contributed by atoms with Crippen LogP contribution in [0.4, 0.5) is 0 Å². The summed E-state index contributed by atoms with van der Waals surface area (Å²) < 4.78 is 0. The number of rotatable bonds is 1. The van der Waals surface area contributed by atoms with E-state index in [4.69, 9.17) is 5.73 Å². The highest BCUT2D eigenvalue weighted by molar-refractivity contribution is 5.77. The second-order valence-corrected chi connectivity index (χ2v) is 4.22. The molecule has 0 saturated heterocycles. The van der Waals surface area contributed by atoms with Crippen LogP contribution >= 0.6 is 0 Å². The van der Waals surface area contributed by atoms with E-state index in [-0.39, 0.29) is 0 Å². The van der Waals surface area contributed by atoms with Crippen LogP contribution in [0.5, 0.6) is 0 Å². The molecule has 15 heavy (non-hydrogen) atoms. The zero-order chi connectivity index (χ0) is 10.3. The van der Waals surface area contributed by atoms with Crippen molar-refractivity contribution in [3.63, 3.8) is 0 Å². The fraction of sp³-hybridized carbons (Fsp3) is 0.333. The van der Waals surface area contributed by atoms with E-state index in [1.807, 2.05) is 30.5 Å². The lowest BCUT2D eigenvalue weighted by Crippen LogP contribution is -2.35. The largest absolute Gasteiger partial charge is 0.328 e. The molecule has 0 spiro atoms. The molecule has 1 fully saturated rings. The summed E-state index contributed by atoms with van der Waals surface area (Å²) in [7, 11) is 0. The average Bonchev–Trinajstić information content (AvgIpc) is 2.24. The van der Waals surface area contributed by atoms with Gasteiger partial charge in [-0.2, -0.15) is 0 Å². The number of benzene rings is 1. The highest BCUT2D eigenvalue weighted by Gasteiger charge is 2.29. The van der Waals surface area contributed by atoms with Crippen molar-refractivity contribution in [1.82, 2.24) is 9.97 Å². The Kier molecular flexibility index (Phi) is 1.92. The molecule has 0 amide bonds. The topological polar surface area (TPSA) is 51.8 Å². The third kappa shape index (κ3) is 1.49. The SMILES string of the molecule is NC1CC(c2ncc3ccccc3n2)C1. The van der Waals surface area contributed by atoms with E-state index in [2.05, 4.69) is 9.97 Å². The predicted molar refractivity (Wildman–Crippen MR) is 59.5 cm³/mol. The van der Waals surface area contributed by atoms with Crippen molar-refractivity contribution in [2.75, 3.05) is 0 Å². The molecule has 1 saturated carbocycles. The van der Waals surface area contributed by atoms with Crippen molar-refractivity contribution < 1.29 is 0 Å². The maximum absolute atomic E-state index is 5.76. The molecule has 1 aliphatic carbocycles. The van der Waals surface area contributed by atoms with Gasteiger partial charge in [0.25, 0.3) is 0 Å². The van der Waals surface area contributed by atoms with Crippen LogP contribution in [0.3, 0.4) is 0 Å². The van der Waals surface area contributed by atoms with E-state index in [0.29, 0.717) is 12.0 Å². The molecule has 0 unspecified atom stereocenters. The van der Waals surface area contributed by atoms with Crippen LogP contribution in [0.25, 0.3) is 10.9 Å². The molecule has 2 N–H and O–H groups in total. The molecule has 3 nitrogen and oxygen atoms in total. The van der Waals surface area contributed by atoms with Gasteiger partial charge in [0.05, 0.1) is 5.52 Å². The molecule has 76 valence electrons. The summed E-state index contributed by atoms with van der Waals surface area (Å²) in [5.41, 5.74) is 6.79. The van der Waals surface area contributed by atoms with Crippen molar-refractivity contribution in [2.45, 2.75) is 24.8 Å². The summed E-state index contributed by atoms with van der Waals surface area (Å²) in [5, 5.41) is 1.10. The van der Waals surface area contributed by atoms with Crippen LogP contribution in [0.15, 0.2) is 30.5 Å². The number of hydrogen-bond donors (Lipinski definition) is 1. The summed E-state index contributed by atoms with van der Waals surface area (Å²) >= 11 is 0. The molecule has 0 radical (unpaired) electrons. The van der Waals surface area contributed by atoms with Crippen molar-refractivity contribution in [2.24, 2.45) is 5.73 Å².